The van der Waals surface area contributed by atoms with Gasteiger partial charge in [-0.25, -0.2) is 0 Å². The first-order valence-corrected chi connectivity index (χ1v) is 6.12. The Bertz CT molecular complexity index is 320. The van der Waals surface area contributed by atoms with Crippen LogP contribution >= 0.6 is 0 Å². The first-order valence-electron chi connectivity index (χ1n) is 6.12. The predicted octanol–water partition coefficient (Wildman–Crippen LogP) is 1.16. The van der Waals surface area contributed by atoms with Gasteiger partial charge in [0.2, 0.25) is 0 Å². The Morgan fingerprint density at radius 1 is 1.56 bits per heavy atom. The van der Waals surface area contributed by atoms with Gasteiger partial charge in [0.05, 0.1) is 6.20 Å². The average Bonchev–Trinajstić information content (AvgIpc) is 2.58. The molecule has 0 saturated heterocycles. The van der Waals surface area contributed by atoms with Crippen molar-refractivity contribution in [2.24, 2.45) is 7.05 Å². The van der Waals surface area contributed by atoms with Crippen molar-refractivity contribution < 1.29 is 5.11 Å². The average molecular weight is 223 g/mol. The molecule has 16 heavy (non-hydrogen) atoms. The van der Waals surface area contributed by atoms with Crippen LogP contribution in [-0.4, -0.2) is 39.0 Å². The number of rotatable bonds is 6. The zero-order valence-electron chi connectivity index (χ0n) is 9.97. The highest BCUT2D eigenvalue weighted by Gasteiger charge is 2.24. The smallest absolute Gasteiger partial charge is 0.0534 e. The molecule has 90 valence electrons. The third-order valence-corrected chi connectivity index (χ3v) is 3.34. The highest BCUT2D eigenvalue weighted by Crippen LogP contribution is 2.26. The summed E-state index contributed by atoms with van der Waals surface area (Å²) in [7, 11) is 1.95. The van der Waals surface area contributed by atoms with E-state index >= 15 is 0 Å². The van der Waals surface area contributed by atoms with E-state index in [-0.39, 0.29) is 6.61 Å². The summed E-state index contributed by atoms with van der Waals surface area (Å²) in [5, 5.41) is 13.1. The Morgan fingerprint density at radius 2 is 2.38 bits per heavy atom. The second kappa shape index (κ2) is 5.46. The molecule has 1 aromatic rings. The largest absolute Gasteiger partial charge is 0.396 e. The van der Waals surface area contributed by atoms with Gasteiger partial charge in [-0.2, -0.15) is 5.10 Å². The van der Waals surface area contributed by atoms with Crippen LogP contribution in [-0.2, 0) is 13.6 Å². The first kappa shape index (κ1) is 11.6. The number of hydrogen-bond donors (Lipinski definition) is 1. The summed E-state index contributed by atoms with van der Waals surface area (Å²) in [6.07, 6.45) is 8.86. The normalized spacial score (nSPS) is 16.7. The van der Waals surface area contributed by atoms with Crippen LogP contribution < -0.4 is 0 Å². The standard InChI is InChI=1S/C12H21N3O/c1-14-9-11(8-13-14)10-15(6-3-7-16)12-4-2-5-12/h8-9,12,16H,2-7,10H2,1H3. The van der Waals surface area contributed by atoms with Crippen LogP contribution in [0.1, 0.15) is 31.2 Å². The molecule has 0 amide bonds. The molecule has 0 bridgehead atoms. The molecular formula is C12H21N3O. The van der Waals surface area contributed by atoms with E-state index in [1.807, 2.05) is 17.9 Å². The van der Waals surface area contributed by atoms with E-state index < -0.39 is 0 Å². The fourth-order valence-corrected chi connectivity index (χ4v) is 2.20. The molecule has 1 heterocycles. The molecule has 1 N–H and O–H groups in total. The zero-order valence-corrected chi connectivity index (χ0v) is 9.97. The van der Waals surface area contributed by atoms with Gasteiger partial charge in [-0.3, -0.25) is 9.58 Å². The van der Waals surface area contributed by atoms with Crippen molar-refractivity contribution in [3.63, 3.8) is 0 Å². The molecule has 0 unspecified atom stereocenters. The maximum atomic E-state index is 8.91. The van der Waals surface area contributed by atoms with Crippen molar-refractivity contribution in [1.82, 2.24) is 14.7 Å². The second-order valence-corrected chi connectivity index (χ2v) is 4.65. The van der Waals surface area contributed by atoms with Crippen molar-refractivity contribution in [2.75, 3.05) is 13.2 Å². The van der Waals surface area contributed by atoms with Crippen LogP contribution in [0.5, 0.6) is 0 Å². The van der Waals surface area contributed by atoms with E-state index in [1.54, 1.807) is 0 Å². The van der Waals surface area contributed by atoms with Gasteiger partial charge in [0.1, 0.15) is 0 Å². The van der Waals surface area contributed by atoms with Crippen LogP contribution in [0, 0.1) is 0 Å². The lowest BCUT2D eigenvalue weighted by molar-refractivity contribution is 0.109. The fraction of sp³-hybridized carbons (Fsp3) is 0.750. The van der Waals surface area contributed by atoms with E-state index in [2.05, 4.69) is 16.2 Å². The van der Waals surface area contributed by atoms with Crippen molar-refractivity contribution in [3.8, 4) is 0 Å². The lowest BCUT2D eigenvalue weighted by atomic mass is 9.91. The molecular weight excluding hydrogens is 202 g/mol. The summed E-state index contributed by atoms with van der Waals surface area (Å²) in [6.45, 7) is 2.25. The van der Waals surface area contributed by atoms with Crippen LogP contribution in [0.25, 0.3) is 0 Å². The van der Waals surface area contributed by atoms with Crippen LogP contribution in [0.3, 0.4) is 0 Å². The van der Waals surface area contributed by atoms with Crippen LogP contribution in [0.2, 0.25) is 0 Å². The number of nitrogens with zero attached hydrogens (tertiary/aromatic N) is 3. The monoisotopic (exact) mass is 223 g/mol. The van der Waals surface area contributed by atoms with Crippen molar-refractivity contribution in [2.45, 2.75) is 38.3 Å². The molecule has 4 nitrogen and oxygen atoms in total. The van der Waals surface area contributed by atoms with E-state index in [0.29, 0.717) is 0 Å². The highest BCUT2D eigenvalue weighted by molar-refractivity contribution is 5.04. The van der Waals surface area contributed by atoms with E-state index in [1.165, 1.54) is 24.8 Å². The number of aliphatic hydroxyl groups excluding tert-OH is 1. The van der Waals surface area contributed by atoms with Gasteiger partial charge in [-0.15, -0.1) is 0 Å². The molecule has 2 rings (SSSR count). The molecule has 1 saturated carbocycles. The quantitative estimate of drug-likeness (QED) is 0.786. The summed E-state index contributed by atoms with van der Waals surface area (Å²) in [6, 6.07) is 0.728. The first-order chi connectivity index (χ1) is 7.79. The number of aliphatic hydroxyl groups is 1. The minimum absolute atomic E-state index is 0.288. The maximum Gasteiger partial charge on any atom is 0.0534 e. The molecule has 0 aliphatic heterocycles. The fourth-order valence-electron chi connectivity index (χ4n) is 2.20. The van der Waals surface area contributed by atoms with Crippen molar-refractivity contribution in [1.29, 1.82) is 0 Å². The molecule has 1 aliphatic rings. The molecule has 0 radical (unpaired) electrons. The summed E-state index contributed by atoms with van der Waals surface area (Å²) in [5.74, 6) is 0. The lowest BCUT2D eigenvalue weighted by Gasteiger charge is -2.37. The number of aromatic nitrogens is 2. The Morgan fingerprint density at radius 3 is 2.88 bits per heavy atom. The van der Waals surface area contributed by atoms with Gasteiger partial charge in [0, 0.05) is 44.5 Å². The SMILES string of the molecule is Cn1cc(CN(CCCO)C2CCC2)cn1. The molecule has 1 aromatic heterocycles. The summed E-state index contributed by atoms with van der Waals surface area (Å²) in [4.78, 5) is 2.48. The lowest BCUT2D eigenvalue weighted by Crippen LogP contribution is -2.40. The topological polar surface area (TPSA) is 41.3 Å². The molecule has 0 aromatic carbocycles. The molecule has 1 fully saturated rings. The maximum absolute atomic E-state index is 8.91. The minimum atomic E-state index is 0.288. The zero-order chi connectivity index (χ0) is 11.4. The van der Waals surface area contributed by atoms with Crippen molar-refractivity contribution in [3.05, 3.63) is 18.0 Å². The van der Waals surface area contributed by atoms with E-state index in [4.69, 9.17) is 5.11 Å². The number of hydrogen-bond acceptors (Lipinski definition) is 3. The highest BCUT2D eigenvalue weighted by atomic mass is 16.3. The Kier molecular flexibility index (Phi) is 3.96. The Hall–Kier alpha value is -0.870. The van der Waals surface area contributed by atoms with E-state index in [0.717, 1.165) is 25.6 Å². The van der Waals surface area contributed by atoms with Gasteiger partial charge in [-0.1, -0.05) is 6.42 Å². The molecule has 0 spiro atoms. The summed E-state index contributed by atoms with van der Waals surface area (Å²) in [5.41, 5.74) is 1.27. The third kappa shape index (κ3) is 2.83. The van der Waals surface area contributed by atoms with Gasteiger partial charge >= 0.3 is 0 Å². The van der Waals surface area contributed by atoms with Crippen LogP contribution in [0.4, 0.5) is 0 Å². The van der Waals surface area contributed by atoms with Gasteiger partial charge in [-0.05, 0) is 19.3 Å². The summed E-state index contributed by atoms with van der Waals surface area (Å²) >= 11 is 0. The van der Waals surface area contributed by atoms with E-state index in [9.17, 15) is 0 Å². The van der Waals surface area contributed by atoms with Gasteiger partial charge in [0.15, 0.2) is 0 Å². The summed E-state index contributed by atoms with van der Waals surface area (Å²) < 4.78 is 1.85. The minimum Gasteiger partial charge on any atom is -0.396 e. The molecule has 0 atom stereocenters. The van der Waals surface area contributed by atoms with Gasteiger partial charge in [0.25, 0.3) is 0 Å². The predicted molar refractivity (Wildman–Crippen MR) is 63.0 cm³/mol. The van der Waals surface area contributed by atoms with Crippen LogP contribution in [0.15, 0.2) is 12.4 Å². The van der Waals surface area contributed by atoms with Crippen molar-refractivity contribution >= 4 is 0 Å². The third-order valence-electron chi connectivity index (χ3n) is 3.34. The Labute approximate surface area is 96.9 Å². The second-order valence-electron chi connectivity index (χ2n) is 4.65. The van der Waals surface area contributed by atoms with Gasteiger partial charge < -0.3 is 5.11 Å². The molecule has 1 aliphatic carbocycles. The Balaban J connectivity index is 1.90. The molecule has 4 heteroatoms. The number of aryl methyl sites for hydroxylation is 1.